The van der Waals surface area contributed by atoms with Gasteiger partial charge in [0, 0.05) is 6.54 Å². The Hall–Kier alpha value is -2.83. The van der Waals surface area contributed by atoms with Crippen LogP contribution in [0.3, 0.4) is 0 Å². The lowest BCUT2D eigenvalue weighted by Gasteiger charge is -2.20. The average Bonchev–Trinajstić information content (AvgIpc) is 3.27. The number of hydrogen-bond donors (Lipinski definition) is 1. The fraction of sp³-hybridized carbons (Fsp3) is 0.389. The van der Waals surface area contributed by atoms with Crippen molar-refractivity contribution in [3.05, 3.63) is 42.2 Å². The lowest BCUT2D eigenvalue weighted by atomic mass is 10.2. The average molecular weight is 343 g/mol. The van der Waals surface area contributed by atoms with Crippen molar-refractivity contribution in [1.82, 2.24) is 14.7 Å². The summed E-state index contributed by atoms with van der Waals surface area (Å²) in [6.07, 6.45) is 3.61. The van der Waals surface area contributed by atoms with Crippen LogP contribution in [0.5, 0.6) is 5.75 Å². The fourth-order valence-corrected chi connectivity index (χ4v) is 2.94. The Kier molecular flexibility index (Phi) is 5.02. The van der Waals surface area contributed by atoms with Gasteiger partial charge in [-0.2, -0.15) is 5.10 Å². The molecule has 2 aromatic rings. The van der Waals surface area contributed by atoms with Crippen LogP contribution in [-0.4, -0.2) is 50.9 Å². The van der Waals surface area contributed by atoms with Crippen molar-refractivity contribution in [2.24, 2.45) is 0 Å². The third-order valence-corrected chi connectivity index (χ3v) is 4.16. The van der Waals surface area contributed by atoms with Gasteiger partial charge in [0.15, 0.2) is 11.4 Å². The number of nitrogens with zero attached hydrogens (tertiary/aromatic N) is 3. The molecule has 0 bridgehead atoms. The number of hydrogen-bond acceptors (Lipinski definition) is 4. The predicted molar refractivity (Wildman–Crippen MR) is 91.0 cm³/mol. The molecule has 1 N–H and O–H groups in total. The molecule has 2 heterocycles. The zero-order valence-electron chi connectivity index (χ0n) is 14.1. The maximum atomic E-state index is 12.9. The number of amides is 1. The SMILES string of the molecule is CCCOc1cn(-c2ccccc2)nc1C(=O)N1CCC[C@H]1C(=O)O. The number of carbonyl (C=O) groups excluding carboxylic acids is 1. The molecule has 1 amide bonds. The van der Waals surface area contributed by atoms with E-state index >= 15 is 0 Å². The van der Waals surface area contributed by atoms with Crippen LogP contribution in [0.15, 0.2) is 36.5 Å². The number of ether oxygens (including phenoxy) is 1. The number of benzene rings is 1. The number of carboxylic acid groups (broad SMARTS) is 1. The lowest BCUT2D eigenvalue weighted by Crippen LogP contribution is -2.40. The van der Waals surface area contributed by atoms with Crippen LogP contribution in [0.1, 0.15) is 36.7 Å². The van der Waals surface area contributed by atoms with Gasteiger partial charge in [-0.1, -0.05) is 25.1 Å². The minimum Gasteiger partial charge on any atom is -0.489 e. The van der Waals surface area contributed by atoms with Gasteiger partial charge < -0.3 is 14.7 Å². The topological polar surface area (TPSA) is 84.7 Å². The summed E-state index contributed by atoms with van der Waals surface area (Å²) in [5.41, 5.74) is 0.963. The molecule has 1 atom stereocenters. The van der Waals surface area contributed by atoms with Crippen LogP contribution in [-0.2, 0) is 4.79 Å². The second-order valence-electron chi connectivity index (χ2n) is 5.97. The zero-order valence-corrected chi connectivity index (χ0v) is 14.1. The second kappa shape index (κ2) is 7.38. The van der Waals surface area contributed by atoms with Crippen molar-refractivity contribution in [2.75, 3.05) is 13.2 Å². The molecular formula is C18H21N3O4. The molecule has 25 heavy (non-hydrogen) atoms. The fourth-order valence-electron chi connectivity index (χ4n) is 2.94. The summed E-state index contributed by atoms with van der Waals surface area (Å²) < 4.78 is 7.27. The first kappa shape index (κ1) is 17.0. The summed E-state index contributed by atoms with van der Waals surface area (Å²) in [4.78, 5) is 25.7. The number of para-hydroxylation sites is 1. The Morgan fingerprint density at radius 3 is 2.76 bits per heavy atom. The highest BCUT2D eigenvalue weighted by atomic mass is 16.5. The molecule has 3 rings (SSSR count). The Morgan fingerprint density at radius 1 is 1.32 bits per heavy atom. The molecule has 1 aliphatic rings. The molecule has 1 aromatic heterocycles. The first-order chi connectivity index (χ1) is 12.1. The van der Waals surface area contributed by atoms with Crippen LogP contribution in [0.25, 0.3) is 5.69 Å². The molecule has 1 fully saturated rings. The van der Waals surface area contributed by atoms with Crippen molar-refractivity contribution in [1.29, 1.82) is 0 Å². The smallest absolute Gasteiger partial charge is 0.326 e. The maximum Gasteiger partial charge on any atom is 0.326 e. The monoisotopic (exact) mass is 343 g/mol. The van der Waals surface area contributed by atoms with E-state index in [1.54, 1.807) is 10.9 Å². The molecule has 7 heteroatoms. The van der Waals surface area contributed by atoms with E-state index in [1.165, 1.54) is 4.90 Å². The molecule has 1 saturated heterocycles. The molecule has 7 nitrogen and oxygen atoms in total. The van der Waals surface area contributed by atoms with Crippen molar-refractivity contribution in [3.63, 3.8) is 0 Å². The van der Waals surface area contributed by atoms with Crippen LogP contribution in [0.2, 0.25) is 0 Å². The van der Waals surface area contributed by atoms with Gasteiger partial charge in [-0.3, -0.25) is 4.79 Å². The van der Waals surface area contributed by atoms with E-state index in [4.69, 9.17) is 4.74 Å². The first-order valence-corrected chi connectivity index (χ1v) is 8.43. The highest BCUT2D eigenvalue weighted by Gasteiger charge is 2.36. The van der Waals surface area contributed by atoms with Gasteiger partial charge in [0.25, 0.3) is 5.91 Å². The quantitative estimate of drug-likeness (QED) is 0.870. The van der Waals surface area contributed by atoms with Crippen molar-refractivity contribution in [2.45, 2.75) is 32.2 Å². The van der Waals surface area contributed by atoms with E-state index in [9.17, 15) is 14.7 Å². The number of aromatic nitrogens is 2. The van der Waals surface area contributed by atoms with E-state index in [0.29, 0.717) is 31.7 Å². The predicted octanol–water partition coefficient (Wildman–Crippen LogP) is 2.35. The Bertz CT molecular complexity index is 757. The third-order valence-electron chi connectivity index (χ3n) is 4.16. The van der Waals surface area contributed by atoms with Crippen LogP contribution >= 0.6 is 0 Å². The first-order valence-electron chi connectivity index (χ1n) is 8.43. The Balaban J connectivity index is 1.94. The van der Waals surface area contributed by atoms with Gasteiger partial charge in [0.2, 0.25) is 0 Å². The zero-order chi connectivity index (χ0) is 17.8. The van der Waals surface area contributed by atoms with Crippen molar-refractivity contribution >= 4 is 11.9 Å². The normalized spacial score (nSPS) is 16.8. The molecule has 0 saturated carbocycles. The highest BCUT2D eigenvalue weighted by Crippen LogP contribution is 2.26. The standard InChI is InChI=1S/C18H21N3O4/c1-2-11-25-15-12-21(13-7-4-3-5-8-13)19-16(15)17(22)20-10-6-9-14(20)18(23)24/h3-5,7-8,12,14H,2,6,9-11H2,1H3,(H,23,24)/t14-/m0/s1. The Labute approximate surface area is 145 Å². The molecule has 0 unspecified atom stereocenters. The van der Waals surface area contributed by atoms with E-state index in [-0.39, 0.29) is 5.69 Å². The number of carboxylic acids is 1. The van der Waals surface area contributed by atoms with Crippen molar-refractivity contribution < 1.29 is 19.4 Å². The van der Waals surface area contributed by atoms with Crippen LogP contribution in [0.4, 0.5) is 0 Å². The second-order valence-corrected chi connectivity index (χ2v) is 5.97. The summed E-state index contributed by atoms with van der Waals surface area (Å²) in [7, 11) is 0. The highest BCUT2D eigenvalue weighted by molar-refractivity contribution is 5.97. The molecule has 0 aliphatic carbocycles. The minimum absolute atomic E-state index is 0.158. The number of carbonyl (C=O) groups is 2. The van der Waals surface area contributed by atoms with Gasteiger partial charge in [0.05, 0.1) is 18.5 Å². The van der Waals surface area contributed by atoms with E-state index in [2.05, 4.69) is 5.10 Å². The molecule has 132 valence electrons. The molecular weight excluding hydrogens is 322 g/mol. The third kappa shape index (κ3) is 3.50. The molecule has 0 radical (unpaired) electrons. The lowest BCUT2D eigenvalue weighted by molar-refractivity contribution is -0.141. The summed E-state index contributed by atoms with van der Waals surface area (Å²) in [5.74, 6) is -0.998. The minimum atomic E-state index is -0.982. The van der Waals surface area contributed by atoms with Gasteiger partial charge in [-0.05, 0) is 31.4 Å². The van der Waals surface area contributed by atoms with Gasteiger partial charge in [0.1, 0.15) is 6.04 Å². The maximum absolute atomic E-state index is 12.9. The van der Waals surface area contributed by atoms with Gasteiger partial charge >= 0.3 is 5.97 Å². The van der Waals surface area contributed by atoms with Crippen LogP contribution < -0.4 is 4.74 Å². The largest absolute Gasteiger partial charge is 0.489 e. The summed E-state index contributed by atoms with van der Waals surface area (Å²) in [6, 6.07) is 8.61. The summed E-state index contributed by atoms with van der Waals surface area (Å²) in [5, 5.41) is 13.7. The van der Waals surface area contributed by atoms with Gasteiger partial charge in [-0.25, -0.2) is 9.48 Å². The molecule has 0 spiro atoms. The summed E-state index contributed by atoms with van der Waals surface area (Å²) in [6.45, 7) is 2.86. The summed E-state index contributed by atoms with van der Waals surface area (Å²) >= 11 is 0. The molecule has 1 aromatic carbocycles. The van der Waals surface area contributed by atoms with Crippen molar-refractivity contribution in [3.8, 4) is 11.4 Å². The van der Waals surface area contributed by atoms with Gasteiger partial charge in [-0.15, -0.1) is 0 Å². The van der Waals surface area contributed by atoms with E-state index in [0.717, 1.165) is 12.1 Å². The Morgan fingerprint density at radius 2 is 2.08 bits per heavy atom. The molecule has 1 aliphatic heterocycles. The van der Waals surface area contributed by atoms with Crippen LogP contribution in [0, 0.1) is 0 Å². The number of aliphatic carboxylic acids is 1. The number of likely N-dealkylation sites (tertiary alicyclic amines) is 1. The van der Waals surface area contributed by atoms with E-state index in [1.807, 2.05) is 37.3 Å². The van der Waals surface area contributed by atoms with E-state index < -0.39 is 17.9 Å². The number of rotatable bonds is 6.